The summed E-state index contributed by atoms with van der Waals surface area (Å²) < 4.78 is 12.7. The molecule has 0 aliphatic rings. The highest BCUT2D eigenvalue weighted by atomic mass is 35.5. The predicted molar refractivity (Wildman–Crippen MR) is 105 cm³/mol. The molecule has 3 aromatic rings. The zero-order valence-corrected chi connectivity index (χ0v) is 15.7. The van der Waals surface area contributed by atoms with Gasteiger partial charge in [-0.1, -0.05) is 35.9 Å². The van der Waals surface area contributed by atoms with Crippen molar-refractivity contribution in [1.29, 1.82) is 0 Å². The van der Waals surface area contributed by atoms with Crippen molar-refractivity contribution < 1.29 is 9.47 Å². The first-order valence-electron chi connectivity index (χ1n) is 8.38. The van der Waals surface area contributed by atoms with Crippen LogP contribution in [0.4, 0.5) is 5.95 Å². The van der Waals surface area contributed by atoms with Crippen LogP contribution in [-0.2, 0) is 17.8 Å². The Hall–Kier alpha value is -2.50. The van der Waals surface area contributed by atoms with Gasteiger partial charge in [-0.15, -0.1) is 0 Å². The van der Waals surface area contributed by atoms with Crippen LogP contribution in [-0.4, -0.2) is 30.4 Å². The number of ether oxygens (including phenoxy) is 2. The molecule has 1 N–H and O–H groups in total. The first-order valence-corrected chi connectivity index (χ1v) is 8.76. The van der Waals surface area contributed by atoms with E-state index in [2.05, 4.69) is 20.9 Å². The zero-order valence-electron chi connectivity index (χ0n) is 14.9. The molecule has 0 spiro atoms. The van der Waals surface area contributed by atoms with Crippen LogP contribution in [0.25, 0.3) is 11.3 Å². The largest absolute Gasteiger partial charge is 0.497 e. The number of methoxy groups -OCH3 is 2. The van der Waals surface area contributed by atoms with Crippen molar-refractivity contribution in [2.75, 3.05) is 26.1 Å². The van der Waals surface area contributed by atoms with Crippen molar-refractivity contribution in [3.63, 3.8) is 0 Å². The van der Waals surface area contributed by atoms with E-state index < -0.39 is 0 Å². The van der Waals surface area contributed by atoms with Gasteiger partial charge in [0, 0.05) is 25.2 Å². The van der Waals surface area contributed by atoms with E-state index in [1.165, 1.54) is 0 Å². The Bertz CT molecular complexity index is 847. The van der Waals surface area contributed by atoms with E-state index in [1.807, 2.05) is 48.7 Å². The van der Waals surface area contributed by atoms with Gasteiger partial charge in [-0.3, -0.25) is 0 Å². The van der Waals surface area contributed by atoms with Crippen LogP contribution in [0, 0.1) is 0 Å². The van der Waals surface area contributed by atoms with Crippen LogP contribution in [0.15, 0.2) is 54.7 Å². The van der Waals surface area contributed by atoms with Gasteiger partial charge in [0.1, 0.15) is 5.75 Å². The third-order valence-electron chi connectivity index (χ3n) is 4.10. The number of nitrogens with zero attached hydrogens (tertiary/aromatic N) is 2. The highest BCUT2D eigenvalue weighted by molar-refractivity contribution is 6.30. The van der Waals surface area contributed by atoms with Gasteiger partial charge >= 0.3 is 0 Å². The Kier molecular flexibility index (Phi) is 6.15. The number of imidazole rings is 1. The minimum absolute atomic E-state index is 0.602. The second-order valence-corrected chi connectivity index (χ2v) is 6.26. The normalized spacial score (nSPS) is 10.7. The number of benzene rings is 2. The van der Waals surface area contributed by atoms with Gasteiger partial charge in [0.25, 0.3) is 0 Å². The lowest BCUT2D eigenvalue weighted by atomic mass is 10.2. The molecule has 136 valence electrons. The monoisotopic (exact) mass is 371 g/mol. The number of nitrogens with one attached hydrogen (secondary N) is 1. The summed E-state index contributed by atoms with van der Waals surface area (Å²) in [4.78, 5) is 4.56. The van der Waals surface area contributed by atoms with Crippen LogP contribution >= 0.6 is 11.6 Å². The molecule has 2 aromatic carbocycles. The summed E-state index contributed by atoms with van der Waals surface area (Å²) in [5.41, 5.74) is 3.21. The van der Waals surface area contributed by atoms with E-state index in [9.17, 15) is 0 Å². The molecule has 26 heavy (non-hydrogen) atoms. The first-order chi connectivity index (χ1) is 12.7. The van der Waals surface area contributed by atoms with Crippen molar-refractivity contribution in [2.45, 2.75) is 13.1 Å². The van der Waals surface area contributed by atoms with Crippen molar-refractivity contribution in [3.05, 3.63) is 65.3 Å². The van der Waals surface area contributed by atoms with Crippen molar-refractivity contribution >= 4 is 17.5 Å². The molecule has 0 saturated heterocycles. The van der Waals surface area contributed by atoms with Crippen LogP contribution in [0.5, 0.6) is 5.75 Å². The highest BCUT2D eigenvalue weighted by Gasteiger charge is 2.12. The van der Waals surface area contributed by atoms with E-state index >= 15 is 0 Å². The molecule has 0 amide bonds. The van der Waals surface area contributed by atoms with E-state index in [1.54, 1.807) is 14.2 Å². The second kappa shape index (κ2) is 8.74. The van der Waals surface area contributed by atoms with Crippen molar-refractivity contribution in [2.24, 2.45) is 0 Å². The van der Waals surface area contributed by atoms with E-state index in [-0.39, 0.29) is 0 Å². The Morgan fingerprint density at radius 3 is 2.65 bits per heavy atom. The third kappa shape index (κ3) is 4.36. The summed E-state index contributed by atoms with van der Waals surface area (Å²) in [7, 11) is 3.37. The summed E-state index contributed by atoms with van der Waals surface area (Å²) in [6, 6.07) is 15.7. The third-order valence-corrected chi connectivity index (χ3v) is 4.35. The van der Waals surface area contributed by atoms with Gasteiger partial charge in [-0.25, -0.2) is 4.98 Å². The molecule has 1 aromatic heterocycles. The Labute approximate surface area is 158 Å². The average Bonchev–Trinajstić information content (AvgIpc) is 3.08. The summed E-state index contributed by atoms with van der Waals surface area (Å²) >= 11 is 6.00. The zero-order chi connectivity index (χ0) is 18.4. The van der Waals surface area contributed by atoms with Crippen LogP contribution in [0.3, 0.4) is 0 Å². The van der Waals surface area contributed by atoms with Crippen LogP contribution in [0.1, 0.15) is 5.56 Å². The molecule has 0 unspecified atom stereocenters. The maximum Gasteiger partial charge on any atom is 0.203 e. The minimum Gasteiger partial charge on any atom is -0.497 e. The maximum absolute atomic E-state index is 6.00. The summed E-state index contributed by atoms with van der Waals surface area (Å²) in [6.07, 6.45) is 1.87. The van der Waals surface area contributed by atoms with Crippen LogP contribution < -0.4 is 10.1 Å². The number of anilines is 1. The number of halogens is 1. The highest BCUT2D eigenvalue weighted by Crippen LogP contribution is 2.25. The molecule has 0 fully saturated rings. The topological polar surface area (TPSA) is 48.3 Å². The lowest BCUT2D eigenvalue weighted by Crippen LogP contribution is -2.11. The molecule has 6 heteroatoms. The standard InChI is InChI=1S/C20H22ClN3O2/c1-25-11-10-24-19(16-6-8-17(21)9-7-16)14-23-20(24)22-13-15-4-3-5-18(12-15)26-2/h3-9,12,14H,10-11,13H2,1-2H3,(H,22,23). The molecule has 0 bridgehead atoms. The average molecular weight is 372 g/mol. The summed E-state index contributed by atoms with van der Waals surface area (Å²) in [6.45, 7) is 1.96. The van der Waals surface area contributed by atoms with Gasteiger partial charge in [-0.2, -0.15) is 0 Å². The molecule has 0 aliphatic carbocycles. The number of rotatable bonds is 8. The SMILES string of the molecule is COCCn1c(-c2ccc(Cl)cc2)cnc1NCc1cccc(OC)c1. The fraction of sp³-hybridized carbons (Fsp3) is 0.250. The quantitative estimate of drug-likeness (QED) is 0.634. The summed E-state index contributed by atoms with van der Waals surface area (Å²) in [5, 5.41) is 4.12. The molecular weight excluding hydrogens is 350 g/mol. The Balaban J connectivity index is 1.82. The predicted octanol–water partition coefficient (Wildman–Crippen LogP) is 4.47. The molecule has 0 radical (unpaired) electrons. The number of hydrogen-bond donors (Lipinski definition) is 1. The molecule has 0 aliphatic heterocycles. The van der Waals surface area contributed by atoms with Gasteiger partial charge in [0.05, 0.1) is 25.6 Å². The fourth-order valence-corrected chi connectivity index (χ4v) is 2.87. The van der Waals surface area contributed by atoms with Crippen molar-refractivity contribution in [1.82, 2.24) is 9.55 Å². The Morgan fingerprint density at radius 1 is 1.12 bits per heavy atom. The van der Waals surface area contributed by atoms with Gasteiger partial charge in [0.15, 0.2) is 0 Å². The van der Waals surface area contributed by atoms with E-state index in [4.69, 9.17) is 21.1 Å². The van der Waals surface area contributed by atoms with Gasteiger partial charge in [-0.05, 0) is 35.4 Å². The molecule has 0 saturated carbocycles. The lowest BCUT2D eigenvalue weighted by Gasteiger charge is -2.13. The van der Waals surface area contributed by atoms with Crippen LogP contribution in [0.2, 0.25) is 5.02 Å². The van der Waals surface area contributed by atoms with E-state index in [0.717, 1.165) is 28.5 Å². The Morgan fingerprint density at radius 2 is 1.92 bits per heavy atom. The minimum atomic E-state index is 0.602. The van der Waals surface area contributed by atoms with Crippen molar-refractivity contribution in [3.8, 4) is 17.0 Å². The van der Waals surface area contributed by atoms with Gasteiger partial charge < -0.3 is 19.4 Å². The first kappa shape index (κ1) is 18.3. The lowest BCUT2D eigenvalue weighted by molar-refractivity contribution is 0.188. The number of hydrogen-bond acceptors (Lipinski definition) is 4. The second-order valence-electron chi connectivity index (χ2n) is 5.82. The molecule has 0 atom stereocenters. The molecule has 1 heterocycles. The van der Waals surface area contributed by atoms with E-state index in [0.29, 0.717) is 24.7 Å². The molecule has 5 nitrogen and oxygen atoms in total. The number of aromatic nitrogens is 2. The fourth-order valence-electron chi connectivity index (χ4n) is 2.74. The van der Waals surface area contributed by atoms with Gasteiger partial charge in [0.2, 0.25) is 5.95 Å². The molecule has 3 rings (SSSR count). The maximum atomic E-state index is 6.00. The molecular formula is C20H22ClN3O2. The smallest absolute Gasteiger partial charge is 0.203 e. The summed E-state index contributed by atoms with van der Waals surface area (Å²) in [5.74, 6) is 1.64.